The lowest BCUT2D eigenvalue weighted by Gasteiger charge is -2.13. The summed E-state index contributed by atoms with van der Waals surface area (Å²) in [5, 5.41) is 2.65. The van der Waals surface area contributed by atoms with Crippen molar-refractivity contribution in [2.75, 3.05) is 11.9 Å². The van der Waals surface area contributed by atoms with Crippen LogP contribution in [0.2, 0.25) is 0 Å². The Labute approximate surface area is 144 Å². The molecule has 1 unspecified atom stereocenters. The lowest BCUT2D eigenvalue weighted by atomic mass is 9.99. The van der Waals surface area contributed by atoms with Gasteiger partial charge in [-0.05, 0) is 70.2 Å². The number of benzene rings is 2. The number of hydrogen-bond acceptors (Lipinski definition) is 2. The van der Waals surface area contributed by atoms with Gasteiger partial charge in [0.15, 0.2) is 6.61 Å². The Morgan fingerprint density at radius 2 is 1.96 bits per heavy atom. The molecule has 0 aliphatic rings. The molecule has 2 rings (SSSR count). The van der Waals surface area contributed by atoms with Gasteiger partial charge in [-0.15, -0.1) is 0 Å². The van der Waals surface area contributed by atoms with Crippen molar-refractivity contribution < 1.29 is 13.9 Å². The van der Waals surface area contributed by atoms with E-state index in [0.29, 0.717) is 17.4 Å². The molecule has 0 fully saturated rings. The number of nitrogens with one attached hydrogen (secondary N) is 1. The molecule has 122 valence electrons. The predicted molar refractivity (Wildman–Crippen MR) is 93.4 cm³/mol. The first kappa shape index (κ1) is 17.5. The molecule has 0 aliphatic carbocycles. The largest absolute Gasteiger partial charge is 0.483 e. The third-order valence-corrected chi connectivity index (χ3v) is 4.24. The number of hydrogen-bond donors (Lipinski definition) is 1. The Hall–Kier alpha value is -1.88. The highest BCUT2D eigenvalue weighted by Crippen LogP contribution is 2.30. The Kier molecular flexibility index (Phi) is 6.16. The van der Waals surface area contributed by atoms with Gasteiger partial charge in [0.05, 0.1) is 4.47 Å². The Balaban J connectivity index is 1.92. The van der Waals surface area contributed by atoms with Crippen LogP contribution in [0.1, 0.15) is 31.7 Å². The van der Waals surface area contributed by atoms with Gasteiger partial charge in [-0.2, -0.15) is 0 Å². The fraction of sp³-hybridized carbons (Fsp3) is 0.278. The third-order valence-electron chi connectivity index (χ3n) is 3.62. The summed E-state index contributed by atoms with van der Waals surface area (Å²) in [6.07, 6.45) is 1.06. The van der Waals surface area contributed by atoms with Crippen LogP contribution >= 0.6 is 15.9 Å². The summed E-state index contributed by atoms with van der Waals surface area (Å²) in [4.78, 5) is 11.9. The van der Waals surface area contributed by atoms with Crippen LogP contribution in [0.25, 0.3) is 0 Å². The van der Waals surface area contributed by atoms with Crippen molar-refractivity contribution in [1.29, 1.82) is 0 Å². The summed E-state index contributed by atoms with van der Waals surface area (Å²) in [5.74, 6) is 0.451. The van der Waals surface area contributed by atoms with E-state index in [9.17, 15) is 9.18 Å². The number of ether oxygens (including phenoxy) is 1. The molecule has 1 amide bonds. The Morgan fingerprint density at radius 3 is 2.57 bits per heavy atom. The highest BCUT2D eigenvalue weighted by molar-refractivity contribution is 9.10. The first-order valence-corrected chi connectivity index (χ1v) is 8.26. The lowest BCUT2D eigenvalue weighted by Crippen LogP contribution is -2.20. The van der Waals surface area contributed by atoms with Crippen LogP contribution in [0, 0.1) is 5.82 Å². The smallest absolute Gasteiger partial charge is 0.262 e. The van der Waals surface area contributed by atoms with Gasteiger partial charge in [-0.3, -0.25) is 4.79 Å². The van der Waals surface area contributed by atoms with Crippen LogP contribution in [0.4, 0.5) is 10.1 Å². The second-order valence-electron chi connectivity index (χ2n) is 5.34. The van der Waals surface area contributed by atoms with E-state index >= 15 is 0 Å². The van der Waals surface area contributed by atoms with E-state index in [0.717, 1.165) is 10.9 Å². The number of carbonyl (C=O) groups excluding carboxylic acids is 1. The van der Waals surface area contributed by atoms with Gasteiger partial charge in [0.25, 0.3) is 5.91 Å². The van der Waals surface area contributed by atoms with Crippen molar-refractivity contribution >= 4 is 27.5 Å². The van der Waals surface area contributed by atoms with Crippen molar-refractivity contribution in [3.63, 3.8) is 0 Å². The summed E-state index contributed by atoms with van der Waals surface area (Å²) in [7, 11) is 0. The lowest BCUT2D eigenvalue weighted by molar-refractivity contribution is -0.118. The van der Waals surface area contributed by atoms with Crippen molar-refractivity contribution in [2.24, 2.45) is 0 Å². The molecule has 0 spiro atoms. The second-order valence-corrected chi connectivity index (χ2v) is 6.20. The van der Waals surface area contributed by atoms with E-state index < -0.39 is 0 Å². The summed E-state index contributed by atoms with van der Waals surface area (Å²) in [6, 6.07) is 11.5. The van der Waals surface area contributed by atoms with E-state index in [1.165, 1.54) is 29.8 Å². The number of anilines is 1. The van der Waals surface area contributed by atoms with E-state index in [1.54, 1.807) is 0 Å². The van der Waals surface area contributed by atoms with Gasteiger partial charge in [-0.25, -0.2) is 4.39 Å². The van der Waals surface area contributed by atoms with Crippen LogP contribution < -0.4 is 10.1 Å². The molecule has 3 nitrogen and oxygen atoms in total. The molecular weight excluding hydrogens is 361 g/mol. The molecule has 0 aromatic heterocycles. The fourth-order valence-corrected chi connectivity index (χ4v) is 2.56. The molecule has 0 aliphatic heterocycles. The molecule has 1 N–H and O–H groups in total. The summed E-state index contributed by atoms with van der Waals surface area (Å²) in [5.41, 5.74) is 1.76. The highest BCUT2D eigenvalue weighted by Gasteiger charge is 2.09. The zero-order valence-electron chi connectivity index (χ0n) is 13.1. The minimum absolute atomic E-state index is 0.112. The molecular formula is C18H19BrFNO2. The van der Waals surface area contributed by atoms with Gasteiger partial charge in [0.2, 0.25) is 0 Å². The zero-order valence-corrected chi connectivity index (χ0v) is 14.7. The summed E-state index contributed by atoms with van der Waals surface area (Å²) in [6.45, 7) is 4.19. The number of carbonyl (C=O) groups is 1. The van der Waals surface area contributed by atoms with E-state index in [2.05, 4.69) is 35.1 Å². The van der Waals surface area contributed by atoms with Crippen LogP contribution in [-0.2, 0) is 4.79 Å². The van der Waals surface area contributed by atoms with Crippen molar-refractivity contribution in [3.05, 3.63) is 58.3 Å². The molecule has 0 radical (unpaired) electrons. The maximum Gasteiger partial charge on any atom is 0.262 e. The molecule has 0 heterocycles. The summed E-state index contributed by atoms with van der Waals surface area (Å²) >= 11 is 3.47. The van der Waals surface area contributed by atoms with Gasteiger partial charge >= 0.3 is 0 Å². The normalized spacial score (nSPS) is 11.8. The van der Waals surface area contributed by atoms with Crippen molar-refractivity contribution in [1.82, 2.24) is 0 Å². The number of rotatable bonds is 6. The van der Waals surface area contributed by atoms with Crippen LogP contribution in [-0.4, -0.2) is 12.5 Å². The average Bonchev–Trinajstić information content (AvgIpc) is 2.55. The molecule has 2 aromatic rings. The molecule has 0 saturated heterocycles. The summed E-state index contributed by atoms with van der Waals surface area (Å²) < 4.78 is 19.2. The van der Waals surface area contributed by atoms with E-state index in [4.69, 9.17) is 4.74 Å². The molecule has 23 heavy (non-hydrogen) atoms. The zero-order chi connectivity index (χ0) is 16.8. The molecule has 5 heteroatoms. The average molecular weight is 380 g/mol. The molecule has 2 aromatic carbocycles. The van der Waals surface area contributed by atoms with Gasteiger partial charge in [-0.1, -0.05) is 19.9 Å². The third kappa shape index (κ3) is 5.06. The van der Waals surface area contributed by atoms with E-state index in [-0.39, 0.29) is 18.3 Å². The Bertz CT molecular complexity index is 673. The highest BCUT2D eigenvalue weighted by atomic mass is 79.9. The molecule has 0 saturated carbocycles. The maximum atomic E-state index is 12.8. The number of halogens is 2. The SMILES string of the molecule is CCC(C)c1ccc(OCC(=O)Nc2ccc(F)cc2)c(Br)c1. The predicted octanol–water partition coefficient (Wildman–Crippen LogP) is 5.12. The molecule has 1 atom stereocenters. The van der Waals surface area contributed by atoms with Crippen LogP contribution in [0.5, 0.6) is 5.75 Å². The van der Waals surface area contributed by atoms with Crippen LogP contribution in [0.3, 0.4) is 0 Å². The van der Waals surface area contributed by atoms with Gasteiger partial charge in [0, 0.05) is 5.69 Å². The fourth-order valence-electron chi connectivity index (χ4n) is 2.05. The van der Waals surface area contributed by atoms with Gasteiger partial charge in [0.1, 0.15) is 11.6 Å². The van der Waals surface area contributed by atoms with Crippen LogP contribution in [0.15, 0.2) is 46.9 Å². The maximum absolute atomic E-state index is 12.8. The Morgan fingerprint density at radius 1 is 1.26 bits per heavy atom. The monoisotopic (exact) mass is 379 g/mol. The van der Waals surface area contributed by atoms with Crippen molar-refractivity contribution in [3.8, 4) is 5.75 Å². The van der Waals surface area contributed by atoms with E-state index in [1.807, 2.05) is 18.2 Å². The molecule has 0 bridgehead atoms. The van der Waals surface area contributed by atoms with Crippen molar-refractivity contribution in [2.45, 2.75) is 26.2 Å². The van der Waals surface area contributed by atoms with Gasteiger partial charge < -0.3 is 10.1 Å². The quantitative estimate of drug-likeness (QED) is 0.756. The minimum Gasteiger partial charge on any atom is -0.483 e. The topological polar surface area (TPSA) is 38.3 Å². The first-order chi connectivity index (χ1) is 11.0. The number of amides is 1. The standard InChI is InChI=1S/C18H19BrFNO2/c1-3-12(2)13-4-9-17(16(19)10-13)23-11-18(22)21-15-7-5-14(20)6-8-15/h4-10,12H,3,11H2,1-2H3,(H,21,22). The minimum atomic E-state index is -0.343. The second kappa shape index (κ2) is 8.11. The first-order valence-electron chi connectivity index (χ1n) is 7.47.